The molecule has 0 aromatic heterocycles. The Morgan fingerprint density at radius 3 is 2.08 bits per heavy atom. The van der Waals surface area contributed by atoms with Crippen LogP contribution in [-0.2, 0) is 4.79 Å². The van der Waals surface area contributed by atoms with Crippen LogP contribution in [0.25, 0.3) is 0 Å². The van der Waals surface area contributed by atoms with E-state index in [0.29, 0.717) is 6.54 Å². The third-order valence-corrected chi connectivity index (χ3v) is 2.14. The van der Waals surface area contributed by atoms with Gasteiger partial charge in [-0.1, -0.05) is 0 Å². The molecule has 2 aliphatic carbocycles. The van der Waals surface area contributed by atoms with Gasteiger partial charge in [-0.3, -0.25) is 0 Å². The Morgan fingerprint density at radius 2 is 1.83 bits per heavy atom. The van der Waals surface area contributed by atoms with E-state index < -0.39 is 0 Å². The lowest BCUT2D eigenvalue weighted by molar-refractivity contribution is 0.562. The molecule has 0 aromatic rings. The Kier molecular flexibility index (Phi) is 3.98. The lowest BCUT2D eigenvalue weighted by atomic mass is 10.4. The molecule has 0 unspecified atom stereocenters. The minimum Gasteiger partial charge on any atom is -0.330 e. The highest BCUT2D eigenvalue weighted by Crippen LogP contribution is 2.28. The van der Waals surface area contributed by atoms with Crippen LogP contribution >= 0.6 is 0 Å². The van der Waals surface area contributed by atoms with E-state index in [1.54, 1.807) is 0 Å². The summed E-state index contributed by atoms with van der Waals surface area (Å²) in [5, 5.41) is 0. The van der Waals surface area contributed by atoms with Crippen molar-refractivity contribution in [1.82, 2.24) is 0 Å². The Hall–Kier alpha value is -0.660. The van der Waals surface area contributed by atoms with Gasteiger partial charge in [0.2, 0.25) is 6.08 Å². The molecule has 0 radical (unpaired) electrons. The quantitative estimate of drug-likeness (QED) is 0.506. The molecule has 0 saturated heterocycles. The monoisotopic (exact) mass is 168 g/mol. The first-order valence-corrected chi connectivity index (χ1v) is 4.60. The van der Waals surface area contributed by atoms with Crippen LogP contribution in [0.3, 0.4) is 0 Å². The van der Waals surface area contributed by atoms with Gasteiger partial charge in [0.05, 0.1) is 6.54 Å². The van der Waals surface area contributed by atoms with Crippen molar-refractivity contribution in [1.29, 1.82) is 0 Å². The molecule has 2 rings (SSSR count). The Labute approximate surface area is 73.0 Å². The number of aliphatic imine (C=N–C) groups is 1. The van der Waals surface area contributed by atoms with Crippen LogP contribution in [0.5, 0.6) is 0 Å². The highest BCUT2D eigenvalue weighted by molar-refractivity contribution is 5.32. The lowest BCUT2D eigenvalue weighted by Gasteiger charge is -1.75. The van der Waals surface area contributed by atoms with Crippen molar-refractivity contribution in [3.05, 3.63) is 0 Å². The predicted octanol–water partition coefficient (Wildman–Crippen LogP) is 1.09. The minimum absolute atomic E-state index is 0.712. The molecule has 3 nitrogen and oxygen atoms in total. The van der Waals surface area contributed by atoms with Crippen molar-refractivity contribution in [2.45, 2.75) is 25.7 Å². The lowest BCUT2D eigenvalue weighted by Crippen LogP contribution is -1.98. The second kappa shape index (κ2) is 5.07. The average Bonchev–Trinajstić information content (AvgIpc) is 2.94. The summed E-state index contributed by atoms with van der Waals surface area (Å²) in [6.07, 6.45) is 6.80. The van der Waals surface area contributed by atoms with Gasteiger partial charge in [0, 0.05) is 0 Å². The predicted molar refractivity (Wildman–Crippen MR) is 47.5 cm³/mol. The number of isocyanates is 1. The smallest absolute Gasteiger partial charge is 0.234 e. The molecular weight excluding hydrogens is 152 g/mol. The molecule has 0 amide bonds. The van der Waals surface area contributed by atoms with Crippen LogP contribution in [0, 0.1) is 11.8 Å². The van der Waals surface area contributed by atoms with E-state index in [-0.39, 0.29) is 0 Å². The molecule has 68 valence electrons. The molecule has 0 bridgehead atoms. The maximum Gasteiger partial charge on any atom is 0.234 e. The molecule has 0 aromatic carbocycles. The van der Waals surface area contributed by atoms with Crippen LogP contribution in [0.2, 0.25) is 0 Å². The second-order valence-electron chi connectivity index (χ2n) is 3.55. The largest absolute Gasteiger partial charge is 0.330 e. The molecule has 12 heavy (non-hydrogen) atoms. The van der Waals surface area contributed by atoms with Gasteiger partial charge in [0.1, 0.15) is 0 Å². The van der Waals surface area contributed by atoms with Crippen LogP contribution in [-0.4, -0.2) is 19.2 Å². The molecular formula is C9H16N2O. The fourth-order valence-corrected chi connectivity index (χ4v) is 0.820. The maximum atomic E-state index is 9.45. The summed E-state index contributed by atoms with van der Waals surface area (Å²) in [5.74, 6) is 1.64. The first kappa shape index (κ1) is 9.43. The number of hydrogen-bond donors (Lipinski definition) is 1. The van der Waals surface area contributed by atoms with E-state index in [1.807, 2.05) is 0 Å². The molecule has 0 aliphatic heterocycles. The molecule has 0 heterocycles. The van der Waals surface area contributed by atoms with Crippen molar-refractivity contribution in [3.63, 3.8) is 0 Å². The maximum absolute atomic E-state index is 9.45. The van der Waals surface area contributed by atoms with E-state index in [0.717, 1.165) is 18.4 Å². The summed E-state index contributed by atoms with van der Waals surface area (Å²) in [5.41, 5.74) is 5.23. The minimum atomic E-state index is 0.712. The highest BCUT2D eigenvalue weighted by Gasteiger charge is 2.19. The first-order chi connectivity index (χ1) is 5.86. The zero-order chi connectivity index (χ0) is 8.81. The van der Waals surface area contributed by atoms with Gasteiger partial charge < -0.3 is 5.73 Å². The van der Waals surface area contributed by atoms with Gasteiger partial charge in [-0.05, 0) is 44.1 Å². The molecule has 2 fully saturated rings. The van der Waals surface area contributed by atoms with Crippen molar-refractivity contribution in [3.8, 4) is 0 Å². The zero-order valence-corrected chi connectivity index (χ0v) is 7.33. The summed E-state index contributed by atoms with van der Waals surface area (Å²) in [6, 6.07) is 0. The molecule has 2 saturated carbocycles. The Balaban J connectivity index is 0.000000127. The van der Waals surface area contributed by atoms with Crippen LogP contribution in [0.1, 0.15) is 25.7 Å². The molecule has 2 N–H and O–H groups in total. The van der Waals surface area contributed by atoms with Gasteiger partial charge in [0.25, 0.3) is 0 Å². The molecule has 3 heteroatoms. The van der Waals surface area contributed by atoms with Crippen LogP contribution in [0.15, 0.2) is 4.99 Å². The standard InChI is InChI=1S/C5H7NO.C4H9N/c7-4-6-3-5-1-2-5;5-3-4-1-2-4/h5H,1-3H2;4H,1-3,5H2. The zero-order valence-electron chi connectivity index (χ0n) is 7.33. The highest BCUT2D eigenvalue weighted by atomic mass is 16.1. The van der Waals surface area contributed by atoms with Crippen molar-refractivity contribution in [2.75, 3.05) is 13.1 Å². The summed E-state index contributed by atoms with van der Waals surface area (Å²) < 4.78 is 0. The van der Waals surface area contributed by atoms with Gasteiger partial charge in [-0.25, -0.2) is 9.79 Å². The molecule has 0 atom stereocenters. The van der Waals surface area contributed by atoms with Crippen LogP contribution < -0.4 is 5.73 Å². The van der Waals surface area contributed by atoms with Crippen molar-refractivity contribution in [2.24, 2.45) is 22.6 Å². The topological polar surface area (TPSA) is 55.5 Å². The van der Waals surface area contributed by atoms with E-state index in [9.17, 15) is 4.79 Å². The summed E-state index contributed by atoms with van der Waals surface area (Å²) in [7, 11) is 0. The summed E-state index contributed by atoms with van der Waals surface area (Å²) in [6.45, 7) is 1.63. The number of nitrogens with zero attached hydrogens (tertiary/aromatic N) is 1. The average molecular weight is 168 g/mol. The third-order valence-electron chi connectivity index (χ3n) is 2.14. The van der Waals surface area contributed by atoms with Crippen molar-refractivity contribution >= 4 is 6.08 Å². The number of rotatable bonds is 3. The molecule has 2 aliphatic rings. The van der Waals surface area contributed by atoms with Gasteiger partial charge in [0.15, 0.2) is 0 Å². The summed E-state index contributed by atoms with van der Waals surface area (Å²) >= 11 is 0. The van der Waals surface area contributed by atoms with Gasteiger partial charge >= 0.3 is 0 Å². The Morgan fingerprint density at radius 1 is 1.25 bits per heavy atom. The SMILES string of the molecule is NCC1CC1.O=C=NCC1CC1. The second-order valence-corrected chi connectivity index (χ2v) is 3.55. The summed E-state index contributed by atoms with van der Waals surface area (Å²) in [4.78, 5) is 12.9. The normalized spacial score (nSPS) is 20.4. The Bertz CT molecular complexity index is 167. The van der Waals surface area contributed by atoms with E-state index >= 15 is 0 Å². The fourth-order valence-electron chi connectivity index (χ4n) is 0.820. The van der Waals surface area contributed by atoms with Crippen LogP contribution in [0.4, 0.5) is 0 Å². The number of hydrogen-bond acceptors (Lipinski definition) is 3. The number of nitrogens with two attached hydrogens (primary N) is 1. The van der Waals surface area contributed by atoms with Gasteiger partial charge in [-0.2, -0.15) is 0 Å². The fraction of sp³-hybridized carbons (Fsp3) is 0.889. The third kappa shape index (κ3) is 5.05. The van der Waals surface area contributed by atoms with E-state index in [2.05, 4.69) is 4.99 Å². The molecule has 0 spiro atoms. The van der Waals surface area contributed by atoms with Gasteiger partial charge in [-0.15, -0.1) is 0 Å². The van der Waals surface area contributed by atoms with E-state index in [4.69, 9.17) is 5.73 Å². The van der Waals surface area contributed by atoms with E-state index in [1.165, 1.54) is 31.8 Å². The van der Waals surface area contributed by atoms with Crippen molar-refractivity contribution < 1.29 is 4.79 Å². The number of carbonyl (C=O) groups excluding carboxylic acids is 1. The first-order valence-electron chi connectivity index (χ1n) is 4.60.